The fraction of sp³-hybridized carbons (Fsp3) is 0.118. The minimum absolute atomic E-state index is 0.351. The van der Waals surface area contributed by atoms with E-state index in [1.54, 1.807) is 19.2 Å². The van der Waals surface area contributed by atoms with Crippen LogP contribution < -0.4 is 15.4 Å². The van der Waals surface area contributed by atoms with Crippen molar-refractivity contribution in [2.24, 2.45) is 0 Å². The topological polar surface area (TPSA) is 72.0 Å². The molecule has 0 saturated carbocycles. The molecule has 8 heteroatoms. The Morgan fingerprint density at radius 3 is 2.40 bits per heavy atom. The number of aryl methyl sites for hydroxylation is 1. The van der Waals surface area contributed by atoms with E-state index in [4.69, 9.17) is 27.9 Å². The van der Waals surface area contributed by atoms with Gasteiger partial charge in [0.1, 0.15) is 5.75 Å². The Morgan fingerprint density at radius 2 is 1.68 bits per heavy atom. The molecule has 0 unspecified atom stereocenters. The van der Waals surface area contributed by atoms with Crippen molar-refractivity contribution in [2.75, 3.05) is 17.7 Å². The smallest absolute Gasteiger partial charge is 0.249 e. The second-order valence-electron chi connectivity index (χ2n) is 5.23. The lowest BCUT2D eigenvalue weighted by molar-refractivity contribution is 0.415. The molecule has 128 valence electrons. The monoisotopic (exact) mass is 375 g/mol. The molecule has 0 saturated heterocycles. The summed E-state index contributed by atoms with van der Waals surface area (Å²) in [6.07, 6.45) is 1.52. The highest BCUT2D eigenvalue weighted by Gasteiger charge is 2.06. The Labute approximate surface area is 155 Å². The lowest BCUT2D eigenvalue weighted by atomic mass is 10.2. The van der Waals surface area contributed by atoms with Gasteiger partial charge in [0.05, 0.1) is 18.3 Å². The van der Waals surface area contributed by atoms with Gasteiger partial charge in [0, 0.05) is 16.4 Å². The highest BCUT2D eigenvalue weighted by Crippen LogP contribution is 2.28. The van der Waals surface area contributed by atoms with E-state index in [9.17, 15) is 0 Å². The summed E-state index contributed by atoms with van der Waals surface area (Å²) in [5, 5.41) is 15.3. The Hall–Kier alpha value is -2.57. The van der Waals surface area contributed by atoms with Gasteiger partial charge in [-0.15, -0.1) is 5.10 Å². The molecule has 0 radical (unpaired) electrons. The lowest BCUT2D eigenvalue weighted by Gasteiger charge is -2.10. The van der Waals surface area contributed by atoms with Crippen molar-refractivity contribution in [3.05, 3.63) is 58.2 Å². The number of hydrogen-bond acceptors (Lipinski definition) is 6. The highest BCUT2D eigenvalue weighted by molar-refractivity contribution is 6.32. The molecule has 6 nitrogen and oxygen atoms in total. The molecule has 2 aromatic carbocycles. The van der Waals surface area contributed by atoms with Gasteiger partial charge in [-0.3, -0.25) is 0 Å². The number of ether oxygens (including phenoxy) is 1. The standard InChI is InChI=1S/C17H15Cl2N5O/c1-10-3-4-12(7-13(10)18)22-17-23-16(9-20-24-17)21-11-5-6-15(25-2)14(19)8-11/h3-9H,1-2H3,(H2,21,22,23,24). The maximum Gasteiger partial charge on any atom is 0.249 e. The van der Waals surface area contributed by atoms with E-state index in [1.807, 2.05) is 31.2 Å². The maximum absolute atomic E-state index is 6.13. The van der Waals surface area contributed by atoms with E-state index in [0.29, 0.717) is 27.6 Å². The number of nitrogens with one attached hydrogen (secondary N) is 2. The quantitative estimate of drug-likeness (QED) is 0.654. The summed E-state index contributed by atoms with van der Waals surface area (Å²) in [6.45, 7) is 1.94. The first-order chi connectivity index (χ1) is 12.0. The summed E-state index contributed by atoms with van der Waals surface area (Å²) in [5.74, 6) is 1.48. The molecule has 0 bridgehead atoms. The number of methoxy groups -OCH3 is 1. The molecule has 0 aliphatic heterocycles. The van der Waals surface area contributed by atoms with Crippen LogP contribution in [0.3, 0.4) is 0 Å². The molecule has 0 aliphatic rings. The van der Waals surface area contributed by atoms with Gasteiger partial charge < -0.3 is 15.4 Å². The number of benzene rings is 2. The molecule has 0 aliphatic carbocycles. The second-order valence-corrected chi connectivity index (χ2v) is 6.04. The molecular weight excluding hydrogens is 361 g/mol. The first-order valence-corrected chi connectivity index (χ1v) is 8.14. The van der Waals surface area contributed by atoms with Gasteiger partial charge in [0.15, 0.2) is 5.82 Å². The van der Waals surface area contributed by atoms with Crippen molar-refractivity contribution < 1.29 is 4.74 Å². The molecule has 0 fully saturated rings. The predicted octanol–water partition coefficient (Wildman–Crippen LogP) is 4.98. The zero-order chi connectivity index (χ0) is 17.8. The molecule has 3 rings (SSSR count). The van der Waals surface area contributed by atoms with Crippen molar-refractivity contribution in [1.82, 2.24) is 15.2 Å². The van der Waals surface area contributed by atoms with Gasteiger partial charge in [-0.05, 0) is 42.8 Å². The van der Waals surface area contributed by atoms with E-state index in [0.717, 1.165) is 16.9 Å². The minimum atomic E-state index is 0.351. The van der Waals surface area contributed by atoms with Crippen molar-refractivity contribution in [2.45, 2.75) is 6.92 Å². The van der Waals surface area contributed by atoms with Crippen LogP contribution >= 0.6 is 23.2 Å². The van der Waals surface area contributed by atoms with Crippen molar-refractivity contribution >= 4 is 46.3 Å². The largest absolute Gasteiger partial charge is 0.495 e. The fourth-order valence-electron chi connectivity index (χ4n) is 2.11. The maximum atomic E-state index is 6.13. The van der Waals surface area contributed by atoms with Crippen LogP contribution in [0.5, 0.6) is 5.75 Å². The van der Waals surface area contributed by atoms with Crippen LogP contribution in [0.1, 0.15) is 5.56 Å². The summed E-state index contributed by atoms with van der Waals surface area (Å²) < 4.78 is 5.14. The Morgan fingerprint density at radius 1 is 0.960 bits per heavy atom. The normalized spacial score (nSPS) is 10.4. The van der Waals surface area contributed by atoms with Gasteiger partial charge in [0.25, 0.3) is 0 Å². The van der Waals surface area contributed by atoms with E-state index in [2.05, 4.69) is 25.8 Å². The summed E-state index contributed by atoms with van der Waals surface area (Å²) in [4.78, 5) is 4.37. The van der Waals surface area contributed by atoms with Crippen LogP contribution in [-0.2, 0) is 0 Å². The summed E-state index contributed by atoms with van der Waals surface area (Å²) in [5.41, 5.74) is 2.54. The van der Waals surface area contributed by atoms with Gasteiger partial charge in [-0.25, -0.2) is 0 Å². The third-order valence-corrected chi connectivity index (χ3v) is 4.11. The van der Waals surface area contributed by atoms with Crippen molar-refractivity contribution in [1.29, 1.82) is 0 Å². The Bertz CT molecular complexity index is 904. The number of anilines is 4. The zero-order valence-corrected chi connectivity index (χ0v) is 15.1. The van der Waals surface area contributed by atoms with Crippen LogP contribution in [0.25, 0.3) is 0 Å². The molecule has 3 aromatic rings. The third-order valence-electron chi connectivity index (χ3n) is 3.41. The van der Waals surface area contributed by atoms with Gasteiger partial charge in [-0.2, -0.15) is 10.1 Å². The number of rotatable bonds is 5. The van der Waals surface area contributed by atoms with E-state index in [1.165, 1.54) is 6.20 Å². The Balaban J connectivity index is 1.77. The molecule has 0 spiro atoms. The van der Waals surface area contributed by atoms with E-state index in [-0.39, 0.29) is 0 Å². The average molecular weight is 376 g/mol. The highest BCUT2D eigenvalue weighted by atomic mass is 35.5. The Kier molecular flexibility index (Phi) is 5.21. The number of halogens is 2. The average Bonchev–Trinajstić information content (AvgIpc) is 2.59. The first-order valence-electron chi connectivity index (χ1n) is 7.38. The van der Waals surface area contributed by atoms with Crippen molar-refractivity contribution in [3.63, 3.8) is 0 Å². The van der Waals surface area contributed by atoms with Crippen LogP contribution in [0.4, 0.5) is 23.1 Å². The number of aromatic nitrogens is 3. The SMILES string of the molecule is COc1ccc(Nc2cnnc(Nc3ccc(C)c(Cl)c3)n2)cc1Cl. The molecule has 0 atom stereocenters. The van der Waals surface area contributed by atoms with Gasteiger partial charge in [-0.1, -0.05) is 29.3 Å². The molecule has 1 aromatic heterocycles. The number of nitrogens with zero attached hydrogens (tertiary/aromatic N) is 3. The van der Waals surface area contributed by atoms with Crippen LogP contribution in [0.2, 0.25) is 10.0 Å². The lowest BCUT2D eigenvalue weighted by Crippen LogP contribution is -2.02. The van der Waals surface area contributed by atoms with E-state index < -0.39 is 0 Å². The summed E-state index contributed by atoms with van der Waals surface area (Å²) in [7, 11) is 1.57. The molecule has 2 N–H and O–H groups in total. The molecule has 25 heavy (non-hydrogen) atoms. The summed E-state index contributed by atoms with van der Waals surface area (Å²) >= 11 is 12.3. The van der Waals surface area contributed by atoms with Gasteiger partial charge >= 0.3 is 0 Å². The number of hydrogen-bond donors (Lipinski definition) is 2. The fourth-order valence-corrected chi connectivity index (χ4v) is 2.55. The van der Waals surface area contributed by atoms with Gasteiger partial charge in [0.2, 0.25) is 5.95 Å². The van der Waals surface area contributed by atoms with E-state index >= 15 is 0 Å². The zero-order valence-electron chi connectivity index (χ0n) is 13.5. The third kappa shape index (κ3) is 4.29. The predicted molar refractivity (Wildman–Crippen MR) is 101 cm³/mol. The van der Waals surface area contributed by atoms with Crippen molar-refractivity contribution in [3.8, 4) is 5.75 Å². The van der Waals surface area contributed by atoms with Crippen LogP contribution in [-0.4, -0.2) is 22.3 Å². The molecular formula is C17H15Cl2N5O. The minimum Gasteiger partial charge on any atom is -0.495 e. The van der Waals surface area contributed by atoms with Crippen LogP contribution in [0, 0.1) is 6.92 Å². The molecule has 1 heterocycles. The first kappa shape index (κ1) is 17.3. The second kappa shape index (κ2) is 7.55. The van der Waals surface area contributed by atoms with Crippen LogP contribution in [0.15, 0.2) is 42.6 Å². The molecule has 0 amide bonds. The summed E-state index contributed by atoms with van der Waals surface area (Å²) in [6, 6.07) is 11.0.